The summed E-state index contributed by atoms with van der Waals surface area (Å²) in [6.07, 6.45) is 2.66. The van der Waals surface area contributed by atoms with Crippen LogP contribution in [0.15, 0.2) is 42.6 Å². The first-order valence-corrected chi connectivity index (χ1v) is 9.25. The minimum atomic E-state index is 0.374. The Labute approximate surface area is 168 Å². The number of hydrogen-bond donors (Lipinski definition) is 1. The van der Waals surface area contributed by atoms with E-state index in [4.69, 9.17) is 21.1 Å². The molecule has 0 atom stereocenters. The largest absolute Gasteiger partial charge is 0.495 e. The zero-order valence-electron chi connectivity index (χ0n) is 15.6. The molecule has 28 heavy (non-hydrogen) atoms. The first-order chi connectivity index (χ1) is 13.7. The summed E-state index contributed by atoms with van der Waals surface area (Å²) in [5.41, 5.74) is 3.34. The van der Waals surface area contributed by atoms with Gasteiger partial charge >= 0.3 is 0 Å². The molecular weight excluding hydrogens is 378 g/mol. The highest BCUT2D eigenvalue weighted by Gasteiger charge is 2.18. The summed E-state index contributed by atoms with van der Waals surface area (Å²) in [7, 11) is 3.13. The van der Waals surface area contributed by atoms with E-state index in [0.29, 0.717) is 28.2 Å². The van der Waals surface area contributed by atoms with Gasteiger partial charge in [0.25, 0.3) is 0 Å². The van der Waals surface area contributed by atoms with Gasteiger partial charge in [0.05, 0.1) is 31.1 Å². The molecule has 4 rings (SSSR count). The molecule has 0 radical (unpaired) electrons. The average molecular weight is 398 g/mol. The molecule has 0 saturated carbocycles. The van der Waals surface area contributed by atoms with Crippen molar-refractivity contribution in [3.63, 3.8) is 0 Å². The number of benzene rings is 2. The SMILES string of the molecule is COc1cc(Nc2nncc(N3CCc4ccccc4C3)n2)c(OC)cc1Cl. The highest BCUT2D eigenvalue weighted by atomic mass is 35.5. The molecule has 0 aliphatic carbocycles. The van der Waals surface area contributed by atoms with E-state index in [1.807, 2.05) is 0 Å². The molecule has 8 heteroatoms. The molecule has 144 valence electrons. The highest BCUT2D eigenvalue weighted by molar-refractivity contribution is 6.32. The number of fused-ring (bicyclic) bond motifs is 1. The predicted molar refractivity (Wildman–Crippen MR) is 109 cm³/mol. The third kappa shape index (κ3) is 3.66. The van der Waals surface area contributed by atoms with Crippen molar-refractivity contribution in [2.75, 3.05) is 31.0 Å². The Morgan fingerprint density at radius 2 is 1.86 bits per heavy atom. The minimum absolute atomic E-state index is 0.374. The van der Waals surface area contributed by atoms with Crippen LogP contribution in [0.3, 0.4) is 0 Å². The normalized spacial score (nSPS) is 13.0. The van der Waals surface area contributed by atoms with E-state index in [-0.39, 0.29) is 0 Å². The third-order valence-electron chi connectivity index (χ3n) is 4.72. The summed E-state index contributed by atoms with van der Waals surface area (Å²) in [5.74, 6) is 2.24. The standard InChI is InChI=1S/C20H20ClN5O2/c1-27-17-10-16(18(28-2)9-15(17)21)23-20-24-19(11-22-25-20)26-8-7-13-5-3-4-6-14(13)12-26/h3-6,9-11H,7-8,12H2,1-2H3,(H,23,24,25). The molecule has 0 unspecified atom stereocenters. The lowest BCUT2D eigenvalue weighted by molar-refractivity contribution is 0.405. The van der Waals surface area contributed by atoms with E-state index >= 15 is 0 Å². The van der Waals surface area contributed by atoms with E-state index in [2.05, 4.69) is 49.7 Å². The Kier molecular flexibility index (Phi) is 5.16. The summed E-state index contributed by atoms with van der Waals surface area (Å²) in [6, 6.07) is 11.9. The zero-order chi connectivity index (χ0) is 19.5. The quantitative estimate of drug-likeness (QED) is 0.701. The lowest BCUT2D eigenvalue weighted by atomic mass is 10.0. The number of hydrogen-bond acceptors (Lipinski definition) is 7. The van der Waals surface area contributed by atoms with Gasteiger partial charge in [0, 0.05) is 25.2 Å². The molecular formula is C20H20ClN5O2. The van der Waals surface area contributed by atoms with Crippen LogP contribution in [0.1, 0.15) is 11.1 Å². The third-order valence-corrected chi connectivity index (χ3v) is 5.02. The molecule has 0 saturated heterocycles. The van der Waals surface area contributed by atoms with Crippen LogP contribution in [-0.2, 0) is 13.0 Å². The number of rotatable bonds is 5. The molecule has 7 nitrogen and oxygen atoms in total. The van der Waals surface area contributed by atoms with E-state index in [1.54, 1.807) is 32.5 Å². The van der Waals surface area contributed by atoms with Crippen LogP contribution in [0.5, 0.6) is 11.5 Å². The van der Waals surface area contributed by atoms with E-state index in [1.165, 1.54) is 11.1 Å². The number of ether oxygens (including phenoxy) is 2. The van der Waals surface area contributed by atoms with Gasteiger partial charge in [-0.05, 0) is 17.5 Å². The van der Waals surface area contributed by atoms with Crippen LogP contribution in [-0.4, -0.2) is 35.9 Å². The van der Waals surface area contributed by atoms with Crippen molar-refractivity contribution >= 4 is 29.1 Å². The van der Waals surface area contributed by atoms with Gasteiger partial charge in [-0.15, -0.1) is 5.10 Å². The molecule has 0 amide bonds. The summed E-state index contributed by atoms with van der Waals surface area (Å²) < 4.78 is 10.7. The van der Waals surface area contributed by atoms with Crippen molar-refractivity contribution in [1.82, 2.24) is 15.2 Å². The molecule has 1 aliphatic rings. The summed E-state index contributed by atoms with van der Waals surface area (Å²) in [4.78, 5) is 6.83. The summed E-state index contributed by atoms with van der Waals surface area (Å²) >= 11 is 6.17. The fraction of sp³-hybridized carbons (Fsp3) is 0.250. The molecule has 1 N–H and O–H groups in total. The fourth-order valence-electron chi connectivity index (χ4n) is 3.27. The van der Waals surface area contributed by atoms with Crippen LogP contribution in [0.4, 0.5) is 17.5 Å². The van der Waals surface area contributed by atoms with Crippen molar-refractivity contribution < 1.29 is 9.47 Å². The molecule has 1 aromatic heterocycles. The van der Waals surface area contributed by atoms with E-state index in [0.717, 1.165) is 25.3 Å². The van der Waals surface area contributed by atoms with Gasteiger partial charge in [-0.2, -0.15) is 10.1 Å². The average Bonchev–Trinajstić information content (AvgIpc) is 2.74. The lowest BCUT2D eigenvalue weighted by Gasteiger charge is -2.29. The number of anilines is 3. The fourth-order valence-corrected chi connectivity index (χ4v) is 3.50. The smallest absolute Gasteiger partial charge is 0.249 e. The van der Waals surface area contributed by atoms with E-state index in [9.17, 15) is 0 Å². The van der Waals surface area contributed by atoms with Crippen LogP contribution in [0.2, 0.25) is 5.02 Å². The highest BCUT2D eigenvalue weighted by Crippen LogP contribution is 2.37. The van der Waals surface area contributed by atoms with Crippen LogP contribution >= 0.6 is 11.6 Å². The van der Waals surface area contributed by atoms with Crippen molar-refractivity contribution in [2.24, 2.45) is 0 Å². The maximum Gasteiger partial charge on any atom is 0.249 e. The van der Waals surface area contributed by atoms with Gasteiger partial charge in [-0.3, -0.25) is 0 Å². The topological polar surface area (TPSA) is 72.4 Å². The Morgan fingerprint density at radius 1 is 1.07 bits per heavy atom. The number of aromatic nitrogens is 3. The van der Waals surface area contributed by atoms with Gasteiger partial charge in [-0.1, -0.05) is 35.9 Å². The maximum absolute atomic E-state index is 6.17. The first kappa shape index (κ1) is 18.3. The van der Waals surface area contributed by atoms with Crippen molar-refractivity contribution in [3.05, 3.63) is 58.7 Å². The molecule has 0 bridgehead atoms. The lowest BCUT2D eigenvalue weighted by Crippen LogP contribution is -2.31. The molecule has 3 aromatic rings. The van der Waals surface area contributed by atoms with E-state index < -0.39 is 0 Å². The molecule has 2 heterocycles. The number of nitrogens with one attached hydrogen (secondary N) is 1. The molecule has 1 aliphatic heterocycles. The second kappa shape index (κ2) is 7.90. The van der Waals surface area contributed by atoms with Gasteiger partial charge in [0.2, 0.25) is 5.95 Å². The minimum Gasteiger partial charge on any atom is -0.495 e. The zero-order valence-corrected chi connectivity index (χ0v) is 16.4. The number of methoxy groups -OCH3 is 2. The number of halogens is 1. The van der Waals surface area contributed by atoms with Crippen LogP contribution < -0.4 is 19.7 Å². The van der Waals surface area contributed by atoms with Gasteiger partial charge in [0.1, 0.15) is 11.5 Å². The van der Waals surface area contributed by atoms with Crippen molar-refractivity contribution in [1.29, 1.82) is 0 Å². The predicted octanol–water partition coefficient (Wildman–Crippen LogP) is 3.85. The Balaban J connectivity index is 1.59. The maximum atomic E-state index is 6.17. The van der Waals surface area contributed by atoms with Gasteiger partial charge in [0.15, 0.2) is 5.82 Å². The van der Waals surface area contributed by atoms with Crippen molar-refractivity contribution in [3.8, 4) is 11.5 Å². The van der Waals surface area contributed by atoms with Crippen molar-refractivity contribution in [2.45, 2.75) is 13.0 Å². The van der Waals surface area contributed by atoms with Gasteiger partial charge in [-0.25, -0.2) is 0 Å². The second-order valence-electron chi connectivity index (χ2n) is 6.39. The monoisotopic (exact) mass is 397 g/mol. The van der Waals surface area contributed by atoms with Gasteiger partial charge < -0.3 is 19.7 Å². The number of nitrogens with zero attached hydrogens (tertiary/aromatic N) is 4. The Morgan fingerprint density at radius 3 is 2.64 bits per heavy atom. The molecule has 0 spiro atoms. The second-order valence-corrected chi connectivity index (χ2v) is 6.80. The van der Waals surface area contributed by atoms with Crippen LogP contribution in [0.25, 0.3) is 0 Å². The summed E-state index contributed by atoms with van der Waals surface area (Å²) in [5, 5.41) is 11.8. The first-order valence-electron chi connectivity index (χ1n) is 8.88. The van der Waals surface area contributed by atoms with Crippen LogP contribution in [0, 0.1) is 0 Å². The summed E-state index contributed by atoms with van der Waals surface area (Å²) in [6.45, 7) is 1.68. The molecule has 0 fully saturated rings. The Hall–Kier alpha value is -3.06. The Bertz CT molecular complexity index is 998. The molecule has 2 aromatic carbocycles.